The Labute approximate surface area is 491 Å². The van der Waals surface area contributed by atoms with Gasteiger partial charge in [0.2, 0.25) is 0 Å². The van der Waals surface area contributed by atoms with Crippen LogP contribution in [0.3, 0.4) is 0 Å². The van der Waals surface area contributed by atoms with Gasteiger partial charge < -0.3 is 18.9 Å². The van der Waals surface area contributed by atoms with Gasteiger partial charge in [0, 0.05) is 104 Å². The zero-order chi connectivity index (χ0) is 59.9. The zero-order valence-corrected chi connectivity index (χ0v) is 55.5. The Hall–Kier alpha value is -2.28. The lowest BCUT2D eigenvalue weighted by Gasteiger charge is -2.52. The van der Waals surface area contributed by atoms with Crippen LogP contribution in [0.25, 0.3) is 0 Å². The maximum absolute atomic E-state index is 15.6. The van der Waals surface area contributed by atoms with Crippen molar-refractivity contribution in [3.05, 3.63) is 0 Å². The summed E-state index contributed by atoms with van der Waals surface area (Å²) >= 11 is 0. The Balaban J connectivity index is 1.79. The van der Waals surface area contributed by atoms with Gasteiger partial charge >= 0.3 is 23.9 Å². The second-order valence-corrected chi connectivity index (χ2v) is 29.8. The van der Waals surface area contributed by atoms with Crippen LogP contribution >= 0.6 is 0 Å². The van der Waals surface area contributed by atoms with Crippen molar-refractivity contribution in [3.8, 4) is 0 Å². The highest BCUT2D eigenvalue weighted by molar-refractivity contribution is 5.99. The van der Waals surface area contributed by atoms with Crippen molar-refractivity contribution in [2.24, 2.45) is 35.5 Å². The number of rotatable bonds is 31. The number of ether oxygens (including phenoxy) is 4. The SMILES string of the molecule is CCCCCN1C(C(C)C)CC(OC(=O)CCC(C(=O)OC2CC(C(C)C)N(CCCCC)C(C)(C)C2)C(C(=O)OC2CC(C(C)C)N(CCCCC)C(C)(C)C2)C(=O)OC2CC(C(C)C)N(CCCCC)C(C)(C)C2)CC1(C)C. The summed E-state index contributed by atoms with van der Waals surface area (Å²) in [6.07, 6.45) is 16.7. The van der Waals surface area contributed by atoms with E-state index in [2.05, 4.69) is 158 Å². The fourth-order valence-corrected chi connectivity index (χ4v) is 15.4. The smallest absolute Gasteiger partial charge is 0.321 e. The molecule has 0 N–H and O–H groups in total. The van der Waals surface area contributed by atoms with Crippen molar-refractivity contribution < 1.29 is 38.1 Å². The average Bonchev–Trinajstić information content (AvgIpc) is 3.33. The van der Waals surface area contributed by atoms with Crippen LogP contribution in [-0.4, -0.2) is 140 Å². The Bertz CT molecular complexity index is 1820. The van der Waals surface area contributed by atoms with Gasteiger partial charge in [0.15, 0.2) is 5.92 Å². The molecule has 466 valence electrons. The van der Waals surface area contributed by atoms with Crippen LogP contribution in [0.4, 0.5) is 0 Å². The highest BCUT2D eigenvalue weighted by atomic mass is 16.6. The third-order valence-electron chi connectivity index (χ3n) is 19.7. The van der Waals surface area contributed by atoms with E-state index in [9.17, 15) is 4.79 Å². The van der Waals surface area contributed by atoms with Gasteiger partial charge in [0.1, 0.15) is 24.4 Å². The van der Waals surface area contributed by atoms with Crippen molar-refractivity contribution in [3.63, 3.8) is 0 Å². The molecule has 0 aromatic heterocycles. The van der Waals surface area contributed by atoms with Crippen LogP contribution in [0.2, 0.25) is 0 Å². The van der Waals surface area contributed by atoms with E-state index in [0.29, 0.717) is 68.6 Å². The van der Waals surface area contributed by atoms with Gasteiger partial charge in [-0.2, -0.15) is 0 Å². The van der Waals surface area contributed by atoms with Gasteiger partial charge in [-0.25, -0.2) is 0 Å². The molecule has 9 atom stereocenters. The first kappa shape index (κ1) is 70.2. The number of piperidine rings is 4. The van der Waals surface area contributed by atoms with Crippen LogP contribution in [0.1, 0.15) is 280 Å². The molecule has 0 bridgehead atoms. The minimum atomic E-state index is -1.64. The summed E-state index contributed by atoms with van der Waals surface area (Å²) in [4.78, 5) is 71.8. The highest BCUT2D eigenvalue weighted by Crippen LogP contribution is 2.43. The molecule has 4 aliphatic rings. The first-order valence-corrected chi connectivity index (χ1v) is 33.3. The summed E-state index contributed by atoms with van der Waals surface area (Å²) in [5.41, 5.74) is -1.03. The van der Waals surface area contributed by atoms with E-state index in [4.69, 9.17) is 18.9 Å². The van der Waals surface area contributed by atoms with Crippen LogP contribution in [0.15, 0.2) is 0 Å². The van der Waals surface area contributed by atoms with Crippen LogP contribution in [0, 0.1) is 35.5 Å². The third kappa shape index (κ3) is 19.6. The van der Waals surface area contributed by atoms with Crippen molar-refractivity contribution in [1.82, 2.24) is 19.6 Å². The van der Waals surface area contributed by atoms with E-state index in [1.807, 2.05) is 0 Å². The molecule has 4 aliphatic heterocycles. The number of carbonyl (C=O) groups is 4. The van der Waals surface area contributed by atoms with E-state index in [1.54, 1.807) is 0 Å². The van der Waals surface area contributed by atoms with Crippen LogP contribution in [0.5, 0.6) is 0 Å². The van der Waals surface area contributed by atoms with Gasteiger partial charge in [0.25, 0.3) is 0 Å². The van der Waals surface area contributed by atoms with E-state index in [-0.39, 0.29) is 65.3 Å². The molecular formula is C68H126N4O8. The van der Waals surface area contributed by atoms with Crippen LogP contribution < -0.4 is 0 Å². The Morgan fingerprint density at radius 2 is 0.637 bits per heavy atom. The lowest BCUT2D eigenvalue weighted by atomic mass is 9.79. The molecule has 0 aliphatic carbocycles. The quantitative estimate of drug-likeness (QED) is 0.0285. The number of likely N-dealkylation sites (tertiary alicyclic amines) is 4. The number of esters is 4. The minimum Gasteiger partial charge on any atom is -0.462 e. The fraction of sp³-hybridized carbons (Fsp3) is 0.941. The number of hydrogen-bond donors (Lipinski definition) is 0. The average molecular weight is 1130 g/mol. The lowest BCUT2D eigenvalue weighted by Crippen LogP contribution is -2.60. The molecule has 12 heteroatoms. The maximum Gasteiger partial charge on any atom is 0.321 e. The number of hydrogen-bond acceptors (Lipinski definition) is 12. The predicted molar refractivity (Wildman–Crippen MR) is 328 cm³/mol. The second-order valence-electron chi connectivity index (χ2n) is 29.8. The molecule has 0 saturated carbocycles. The monoisotopic (exact) mass is 1130 g/mol. The van der Waals surface area contributed by atoms with Gasteiger partial charge in [0.05, 0.1) is 5.92 Å². The third-order valence-corrected chi connectivity index (χ3v) is 19.7. The molecule has 0 aromatic carbocycles. The van der Waals surface area contributed by atoms with Gasteiger partial charge in [-0.15, -0.1) is 0 Å². The van der Waals surface area contributed by atoms with E-state index >= 15 is 14.4 Å². The molecule has 0 aromatic rings. The molecule has 9 unspecified atom stereocenters. The first-order chi connectivity index (χ1) is 37.4. The molecule has 4 rings (SSSR count). The standard InChI is InChI=1S/C68H126N4O8/c1-21-25-29-35-69-56(47(5)6)39-51(43-65(69,13)14)77-60(73)34-33-55(62(74)78-52-40-57(48(7)8)70(36-30-26-22-2)66(15,16)44-52)61(63(75)79-53-41-58(49(9)10)71(37-31-27-23-3)67(17,18)45-53)64(76)80-54-42-59(50(11)12)72(38-32-28-24-4)68(19,20)46-54/h47-59,61H,21-46H2,1-20H3. The number of nitrogens with zero attached hydrogens (tertiary/aromatic N) is 4. The van der Waals surface area contributed by atoms with E-state index in [1.165, 1.54) is 6.42 Å². The summed E-state index contributed by atoms with van der Waals surface area (Å²) in [5, 5.41) is 0. The highest BCUT2D eigenvalue weighted by Gasteiger charge is 2.52. The summed E-state index contributed by atoms with van der Waals surface area (Å²) in [6, 6.07) is 0.718. The normalized spacial score (nSPS) is 28.2. The Morgan fingerprint density at radius 1 is 0.388 bits per heavy atom. The fourth-order valence-electron chi connectivity index (χ4n) is 15.4. The van der Waals surface area contributed by atoms with Crippen molar-refractivity contribution in [2.75, 3.05) is 26.2 Å². The molecule has 4 heterocycles. The minimum absolute atomic E-state index is 0.113. The van der Waals surface area contributed by atoms with Crippen molar-refractivity contribution in [2.45, 2.75) is 350 Å². The summed E-state index contributed by atoms with van der Waals surface area (Å²) in [7, 11) is 0. The molecule has 4 saturated heterocycles. The molecule has 0 spiro atoms. The number of unbranched alkanes of at least 4 members (excludes halogenated alkanes) is 8. The second kappa shape index (κ2) is 31.7. The van der Waals surface area contributed by atoms with Crippen molar-refractivity contribution >= 4 is 23.9 Å². The molecule has 80 heavy (non-hydrogen) atoms. The first-order valence-electron chi connectivity index (χ1n) is 33.3. The van der Waals surface area contributed by atoms with Gasteiger partial charge in [-0.3, -0.25) is 38.8 Å². The van der Waals surface area contributed by atoms with Crippen molar-refractivity contribution in [1.29, 1.82) is 0 Å². The Kier molecular flexibility index (Phi) is 27.9. The number of carbonyl (C=O) groups excluding carboxylic acids is 4. The maximum atomic E-state index is 15.6. The molecule has 0 radical (unpaired) electrons. The summed E-state index contributed by atoms with van der Waals surface area (Å²) in [5.74, 6) is -4.30. The molecule has 0 amide bonds. The van der Waals surface area contributed by atoms with Gasteiger partial charge in [-0.1, -0.05) is 134 Å². The largest absolute Gasteiger partial charge is 0.462 e. The molecular weight excluding hydrogens is 1000 g/mol. The van der Waals surface area contributed by atoms with Gasteiger partial charge in [-0.05, 0) is 137 Å². The summed E-state index contributed by atoms with van der Waals surface area (Å²) in [6.45, 7) is 48.8. The zero-order valence-electron chi connectivity index (χ0n) is 55.5. The predicted octanol–water partition coefficient (Wildman–Crippen LogP) is 15.0. The topological polar surface area (TPSA) is 118 Å². The van der Waals surface area contributed by atoms with E-state index < -0.39 is 54.0 Å². The lowest BCUT2D eigenvalue weighted by molar-refractivity contribution is -0.187. The molecule has 4 fully saturated rings. The summed E-state index contributed by atoms with van der Waals surface area (Å²) < 4.78 is 26.6. The van der Waals surface area contributed by atoms with Crippen LogP contribution in [-0.2, 0) is 38.1 Å². The molecule has 12 nitrogen and oxygen atoms in total. The van der Waals surface area contributed by atoms with E-state index in [0.717, 1.165) is 103 Å². The Morgan fingerprint density at radius 3 is 0.887 bits per heavy atom.